The van der Waals surface area contributed by atoms with E-state index in [1.165, 1.54) is 0 Å². The van der Waals surface area contributed by atoms with E-state index < -0.39 is 5.41 Å². The largest absolute Gasteiger partial charge is 0.507 e. The Kier molecular flexibility index (Phi) is 18.9. The van der Waals surface area contributed by atoms with Gasteiger partial charge in [-0.05, 0) is 73.1 Å². The molecule has 0 amide bonds. The van der Waals surface area contributed by atoms with Gasteiger partial charge in [0.05, 0.1) is 66.1 Å². The van der Waals surface area contributed by atoms with Gasteiger partial charge >= 0.3 is 0 Å². The van der Waals surface area contributed by atoms with Crippen molar-refractivity contribution in [1.29, 1.82) is 0 Å². The molecule has 0 aliphatic carbocycles. The monoisotopic (exact) mass is 919 g/mol. The summed E-state index contributed by atoms with van der Waals surface area (Å²) in [5, 5.41) is 47.0. The summed E-state index contributed by atoms with van der Waals surface area (Å²) in [7, 11) is 1.72. The van der Waals surface area contributed by atoms with E-state index in [4.69, 9.17) is 23.7 Å². The first-order valence-electron chi connectivity index (χ1n) is 24.4. The Hall–Kier alpha value is -3.42. The molecule has 4 aliphatic rings. The maximum atomic E-state index is 12.3. The highest BCUT2D eigenvalue weighted by atomic mass is 16.5. The summed E-state index contributed by atoms with van der Waals surface area (Å²) < 4.78 is 28.5. The fraction of sp³-hybridized carbons (Fsp3) is 0.647. The minimum absolute atomic E-state index is 0.0132. The number of morpholine rings is 4. The third kappa shape index (κ3) is 12.8. The number of aliphatic hydroxyl groups is 1. The van der Waals surface area contributed by atoms with Gasteiger partial charge in [0.25, 0.3) is 0 Å². The molecule has 1 atom stereocenters. The molecule has 366 valence electrons. The second kappa shape index (κ2) is 24.7. The molecule has 0 radical (unpaired) electrons. The Morgan fingerprint density at radius 2 is 0.788 bits per heavy atom. The van der Waals surface area contributed by atoms with Crippen LogP contribution >= 0.6 is 0 Å². The molecule has 4 N–H and O–H groups in total. The molecule has 0 spiro atoms. The van der Waals surface area contributed by atoms with Crippen molar-refractivity contribution in [2.24, 2.45) is 0 Å². The van der Waals surface area contributed by atoms with Crippen LogP contribution in [0.15, 0.2) is 36.4 Å². The summed E-state index contributed by atoms with van der Waals surface area (Å²) in [6, 6.07) is 13.2. The van der Waals surface area contributed by atoms with Crippen LogP contribution in [0.5, 0.6) is 17.2 Å². The Morgan fingerprint density at radius 1 is 0.500 bits per heavy atom. The number of phenols is 3. The Labute approximate surface area is 393 Å². The number of aliphatic hydroxyl groups excluding tert-OH is 1. The molecule has 4 aliphatic heterocycles. The van der Waals surface area contributed by atoms with Crippen molar-refractivity contribution in [1.82, 2.24) is 29.4 Å². The first-order chi connectivity index (χ1) is 32.1. The van der Waals surface area contributed by atoms with Crippen LogP contribution in [-0.2, 0) is 68.4 Å². The van der Waals surface area contributed by atoms with Crippen LogP contribution in [0.1, 0.15) is 70.8 Å². The first-order valence-corrected chi connectivity index (χ1v) is 24.4. The predicted molar refractivity (Wildman–Crippen MR) is 255 cm³/mol. The number of ether oxygens (including phenoxy) is 5. The van der Waals surface area contributed by atoms with E-state index in [9.17, 15) is 20.4 Å². The van der Waals surface area contributed by atoms with E-state index in [2.05, 4.69) is 86.6 Å². The molecule has 4 saturated heterocycles. The molecular formula is C51H78N6O9. The van der Waals surface area contributed by atoms with E-state index >= 15 is 0 Å². The first kappa shape index (κ1) is 50.5. The average molecular weight is 919 g/mol. The van der Waals surface area contributed by atoms with Crippen molar-refractivity contribution in [3.8, 4) is 17.2 Å². The molecule has 15 nitrogen and oxygen atoms in total. The van der Waals surface area contributed by atoms with Crippen LogP contribution in [0.25, 0.3) is 0 Å². The minimum Gasteiger partial charge on any atom is -0.507 e. The van der Waals surface area contributed by atoms with E-state index in [0.717, 1.165) is 109 Å². The number of likely N-dealkylation sites (N-methyl/N-ethyl adjacent to an activating group) is 2. The summed E-state index contributed by atoms with van der Waals surface area (Å²) >= 11 is 0. The van der Waals surface area contributed by atoms with Gasteiger partial charge in [-0.3, -0.25) is 29.4 Å². The van der Waals surface area contributed by atoms with Gasteiger partial charge in [-0.15, -0.1) is 0 Å². The summed E-state index contributed by atoms with van der Waals surface area (Å²) in [5.41, 5.74) is 7.21. The Bertz CT molecular complexity index is 1830. The van der Waals surface area contributed by atoms with Crippen LogP contribution in [0.2, 0.25) is 0 Å². The minimum atomic E-state index is -0.866. The Balaban J connectivity index is 1.49. The van der Waals surface area contributed by atoms with Crippen LogP contribution in [0.3, 0.4) is 0 Å². The molecule has 66 heavy (non-hydrogen) atoms. The third-order valence-corrected chi connectivity index (χ3v) is 14.2. The highest BCUT2D eigenvalue weighted by Crippen LogP contribution is 2.46. The molecular weight excluding hydrogens is 841 g/mol. The lowest BCUT2D eigenvalue weighted by Crippen LogP contribution is -2.37. The highest BCUT2D eigenvalue weighted by Gasteiger charge is 2.37. The van der Waals surface area contributed by atoms with Crippen molar-refractivity contribution >= 4 is 0 Å². The maximum Gasteiger partial charge on any atom is 0.124 e. The van der Waals surface area contributed by atoms with Crippen molar-refractivity contribution < 1.29 is 44.1 Å². The van der Waals surface area contributed by atoms with E-state index in [0.29, 0.717) is 130 Å². The van der Waals surface area contributed by atoms with Crippen molar-refractivity contribution in [3.05, 3.63) is 86.5 Å². The standard InChI is InChI=1S/C51H78N6O9/c1-5-52(7-17-58)33-39-27-45(29-41(48(39)59)35-54-9-19-63-20-10-54)51(3,46-28-40(34-53(6-2)8-18-62-4)49(60)42(30-46)36-55-11-21-64-22-12-55)47-31-43(37-56-13-23-65-24-14-56)50(61)44(32-47)38-57-15-25-66-26-16-57/h27-32,58-61H,5-26,33-38H2,1-4H3/t51-/m1/s1. The zero-order valence-electron chi connectivity index (χ0n) is 40.3. The molecule has 4 fully saturated rings. The smallest absolute Gasteiger partial charge is 0.124 e. The zero-order chi connectivity index (χ0) is 46.5. The molecule has 0 bridgehead atoms. The fourth-order valence-electron chi connectivity index (χ4n) is 9.91. The molecule has 0 saturated carbocycles. The number of nitrogens with zero attached hydrogens (tertiary/aromatic N) is 6. The second-order valence-corrected chi connectivity index (χ2v) is 18.6. The summed E-state index contributed by atoms with van der Waals surface area (Å²) in [6.45, 7) is 24.3. The molecule has 3 aromatic carbocycles. The van der Waals surface area contributed by atoms with E-state index in [1.54, 1.807) is 7.11 Å². The predicted octanol–water partition coefficient (Wildman–Crippen LogP) is 3.77. The number of phenolic OH excluding ortho intramolecular Hbond substituents is 3. The van der Waals surface area contributed by atoms with Gasteiger partial charge in [-0.2, -0.15) is 0 Å². The van der Waals surface area contributed by atoms with E-state index in [-0.39, 0.29) is 12.4 Å². The SMILES string of the molecule is CCN(CCO)Cc1cc([C@](C)(c2cc(CN(CC)CCOC)c(O)c(CN3CCOCC3)c2)c2cc(CN3CCOCC3)c(O)c(CN3CCOCC3)c2)cc(CN2CCOCC2)c1O. The van der Waals surface area contributed by atoms with Gasteiger partial charge in [0.1, 0.15) is 17.2 Å². The van der Waals surface area contributed by atoms with E-state index in [1.807, 2.05) is 0 Å². The topological polar surface area (TPSA) is 147 Å². The van der Waals surface area contributed by atoms with Crippen molar-refractivity contribution in [2.45, 2.75) is 65.5 Å². The third-order valence-electron chi connectivity index (χ3n) is 14.2. The Morgan fingerprint density at radius 3 is 1.08 bits per heavy atom. The number of hydrogen-bond acceptors (Lipinski definition) is 15. The van der Waals surface area contributed by atoms with Gasteiger partial charge in [0.15, 0.2) is 0 Å². The number of hydrogen-bond donors (Lipinski definition) is 4. The lowest BCUT2D eigenvalue weighted by atomic mass is 9.68. The zero-order valence-corrected chi connectivity index (χ0v) is 40.3. The van der Waals surface area contributed by atoms with Crippen LogP contribution < -0.4 is 0 Å². The van der Waals surface area contributed by atoms with Gasteiger partial charge in [-0.1, -0.05) is 13.8 Å². The van der Waals surface area contributed by atoms with Gasteiger partial charge in [0.2, 0.25) is 0 Å². The molecule has 3 aromatic rings. The quantitative estimate of drug-likeness (QED) is 0.109. The highest BCUT2D eigenvalue weighted by molar-refractivity contribution is 5.60. The average Bonchev–Trinajstić information content (AvgIpc) is 3.34. The number of rotatable bonds is 22. The van der Waals surface area contributed by atoms with Crippen molar-refractivity contribution in [3.63, 3.8) is 0 Å². The lowest BCUT2D eigenvalue weighted by Gasteiger charge is -2.37. The van der Waals surface area contributed by atoms with Crippen molar-refractivity contribution in [2.75, 3.05) is 152 Å². The van der Waals surface area contributed by atoms with Crippen LogP contribution in [-0.4, -0.2) is 202 Å². The normalized spacial score (nSPS) is 19.5. The number of methoxy groups -OCH3 is 1. The number of aromatic hydroxyl groups is 3. The maximum absolute atomic E-state index is 12.3. The molecule has 0 aromatic heterocycles. The van der Waals surface area contributed by atoms with Gasteiger partial charge < -0.3 is 44.1 Å². The second-order valence-electron chi connectivity index (χ2n) is 18.6. The summed E-state index contributed by atoms with van der Waals surface area (Å²) in [6.07, 6.45) is 0. The van der Waals surface area contributed by atoms with Gasteiger partial charge in [-0.25, -0.2) is 0 Å². The van der Waals surface area contributed by atoms with Gasteiger partial charge in [0, 0.05) is 151 Å². The molecule has 7 rings (SSSR count). The fourth-order valence-corrected chi connectivity index (χ4v) is 9.91. The summed E-state index contributed by atoms with van der Waals surface area (Å²) in [4.78, 5) is 13.9. The number of benzene rings is 3. The lowest BCUT2D eigenvalue weighted by molar-refractivity contribution is 0.0327. The summed E-state index contributed by atoms with van der Waals surface area (Å²) in [5.74, 6) is 0.890. The molecule has 15 heteroatoms. The van der Waals surface area contributed by atoms with Crippen LogP contribution in [0.4, 0.5) is 0 Å². The van der Waals surface area contributed by atoms with Crippen LogP contribution in [0, 0.1) is 0 Å². The molecule has 0 unspecified atom stereocenters. The molecule has 4 heterocycles.